The number of imidazole rings is 2. The van der Waals surface area contributed by atoms with Crippen LogP contribution in [0, 0.1) is 9.28 Å². The van der Waals surface area contributed by atoms with Crippen LogP contribution in [0.3, 0.4) is 0 Å². The van der Waals surface area contributed by atoms with Crippen LogP contribution in [0.2, 0.25) is 0 Å². The molecular formula is C26H34Cl2N10O3PtS2. The zero-order valence-corrected chi connectivity index (χ0v) is 29.1. The Labute approximate surface area is 288 Å². The average Bonchev–Trinajstić information content (AvgIpc) is 3.65. The van der Waals surface area contributed by atoms with Gasteiger partial charge in [0, 0.05) is 64.6 Å². The van der Waals surface area contributed by atoms with Crippen molar-refractivity contribution in [2.75, 3.05) is 42.1 Å². The second-order valence-corrected chi connectivity index (χ2v) is 10.0. The minimum Gasteiger partial charge on any atom is -0.481 e. The van der Waals surface area contributed by atoms with Gasteiger partial charge < -0.3 is 40.8 Å². The summed E-state index contributed by atoms with van der Waals surface area (Å²) in [6, 6.07) is 8.14. The molecule has 8 N–H and O–H groups in total. The number of H-pyrrole nitrogens is 4. The van der Waals surface area contributed by atoms with E-state index in [-0.39, 0.29) is 40.0 Å². The first-order chi connectivity index (χ1) is 20.7. The number of carbonyl (C=O) groups is 1. The molecule has 0 unspecified atom stereocenters. The number of rotatable bonds is 9. The van der Waals surface area contributed by atoms with Gasteiger partial charge >= 0.3 is 5.97 Å². The minimum absolute atomic E-state index is 0. The maximum absolute atomic E-state index is 10.4. The molecule has 44 heavy (non-hydrogen) atoms. The zero-order valence-electron chi connectivity index (χ0n) is 23.7. The first-order valence-electron chi connectivity index (χ1n) is 13.1. The van der Waals surface area contributed by atoms with E-state index in [4.69, 9.17) is 63.6 Å². The van der Waals surface area contributed by atoms with Gasteiger partial charge in [-0.1, -0.05) is 36.6 Å². The van der Waals surface area contributed by atoms with Crippen LogP contribution in [-0.2, 0) is 32.3 Å². The number of nitrogens with one attached hydrogen (secondary N) is 4. The molecule has 0 amide bonds. The Morgan fingerprint density at radius 2 is 1.48 bits per heavy atom. The molecule has 0 spiro atoms. The van der Waals surface area contributed by atoms with Gasteiger partial charge in [-0.05, 0) is 37.5 Å². The number of fused-ring (bicyclic) bond motifs is 2. The third kappa shape index (κ3) is 13.4. The van der Waals surface area contributed by atoms with Gasteiger partial charge in [0.05, 0.1) is 19.0 Å². The maximum atomic E-state index is 10.4. The van der Waals surface area contributed by atoms with E-state index < -0.39 is 5.97 Å². The Morgan fingerprint density at radius 1 is 0.932 bits per heavy atom. The molecule has 5 aromatic rings. The van der Waals surface area contributed by atoms with Crippen molar-refractivity contribution in [3.8, 4) is 0 Å². The van der Waals surface area contributed by atoms with Crippen molar-refractivity contribution in [2.24, 2.45) is 0 Å². The van der Waals surface area contributed by atoms with Crippen molar-refractivity contribution in [1.29, 1.82) is 0 Å². The molecule has 5 rings (SSSR count). The number of hydrogen-bond acceptors (Lipinski definition) is 10. The smallest absolute Gasteiger partial charge is 0.303 e. The first-order valence-corrected chi connectivity index (χ1v) is 15.0. The molecule has 242 valence electrons. The normalized spacial score (nSPS) is 9.91. The summed E-state index contributed by atoms with van der Waals surface area (Å²) >= 11 is 21.4. The van der Waals surface area contributed by atoms with E-state index >= 15 is 0 Å². The predicted molar refractivity (Wildman–Crippen MR) is 176 cm³/mol. The number of aromatic nitrogens is 8. The standard InChI is InChI=1S/C14H19Cl2NO2.C5H5N5S.C5H4N4S.C2H6O.Pt/c15-8-10-17(11-9-16)13-6-4-12(5-7-13)2-1-3-14(18)19;6-5-9-3-2(4(11)10-5)7-1-8-3;10-5-3-4(7-1-6-3)8-2-9-5;1-2-3;/h4-7H,1-3,8-11H2,(H,18,19);1H,(H4,6,7,8,9,10,11);1-2H,(H2,6,7,8,9,10);3H,2H2,1H3;. The number of carboxylic acids is 1. The number of benzene rings is 1. The van der Waals surface area contributed by atoms with E-state index in [1.54, 1.807) is 13.3 Å². The van der Waals surface area contributed by atoms with Crippen LogP contribution in [0.5, 0.6) is 0 Å². The Bertz CT molecular complexity index is 1640. The fourth-order valence-corrected chi connectivity index (χ4v) is 4.41. The summed E-state index contributed by atoms with van der Waals surface area (Å²) in [5, 5.41) is 16.2. The van der Waals surface area contributed by atoms with Gasteiger partial charge in [0.25, 0.3) is 0 Å². The van der Waals surface area contributed by atoms with Gasteiger partial charge in [0.2, 0.25) is 5.95 Å². The number of nitrogens with zero attached hydrogens (tertiary/aromatic N) is 5. The molecule has 18 heteroatoms. The Hall–Kier alpha value is -2.94. The number of carboxylic acid groups (broad SMARTS) is 1. The SMILES string of the molecule is CCO.Nc1nc(=S)c2[nH]cnc2[nH]1.O=C(O)CCCc1ccc(N(CCCl)CCCl)cc1.S=c1nc[nH]c2nc[nH]c12.[Pt]. The van der Waals surface area contributed by atoms with Gasteiger partial charge in [-0.3, -0.25) is 4.79 Å². The van der Waals surface area contributed by atoms with Crippen molar-refractivity contribution in [1.82, 2.24) is 39.9 Å². The fraction of sp³-hybridized carbons (Fsp3) is 0.346. The number of aliphatic carboxylic acids is 1. The molecule has 0 radical (unpaired) electrons. The van der Waals surface area contributed by atoms with Crippen LogP contribution in [0.15, 0.2) is 43.2 Å². The molecule has 4 aromatic heterocycles. The molecule has 1 aromatic carbocycles. The summed E-state index contributed by atoms with van der Waals surface area (Å²) in [5.41, 5.74) is 10.5. The molecule has 0 aliphatic rings. The summed E-state index contributed by atoms with van der Waals surface area (Å²) in [6.45, 7) is 3.47. The Morgan fingerprint density at radius 3 is 2.02 bits per heavy atom. The van der Waals surface area contributed by atoms with Crippen molar-refractivity contribution < 1.29 is 36.1 Å². The quantitative estimate of drug-likeness (QED) is 0.0778. The van der Waals surface area contributed by atoms with Crippen molar-refractivity contribution in [3.63, 3.8) is 0 Å². The third-order valence-corrected chi connectivity index (χ3v) is 6.37. The monoisotopic (exact) mass is 863 g/mol. The van der Waals surface area contributed by atoms with E-state index in [1.807, 2.05) is 24.3 Å². The predicted octanol–water partition coefficient (Wildman–Crippen LogP) is 4.99. The minimum atomic E-state index is -0.743. The molecule has 4 heterocycles. The Kier molecular flexibility index (Phi) is 19.3. The number of hydrogen-bond donors (Lipinski definition) is 7. The van der Waals surface area contributed by atoms with E-state index in [1.165, 1.54) is 12.7 Å². The molecule has 0 atom stereocenters. The van der Waals surface area contributed by atoms with Crippen LogP contribution < -0.4 is 10.6 Å². The van der Waals surface area contributed by atoms with Crippen LogP contribution in [0.4, 0.5) is 11.6 Å². The topological polar surface area (TPSA) is 202 Å². The number of aliphatic hydroxyl groups is 1. The molecule has 13 nitrogen and oxygen atoms in total. The van der Waals surface area contributed by atoms with Crippen molar-refractivity contribution >= 4 is 87.6 Å². The average molecular weight is 865 g/mol. The summed E-state index contributed by atoms with van der Waals surface area (Å²) in [5.74, 6) is 0.677. The number of aryl methyl sites for hydroxylation is 1. The number of anilines is 2. The summed E-state index contributed by atoms with van der Waals surface area (Å²) < 4.78 is 0.986. The molecule has 0 aliphatic heterocycles. The molecule has 0 bridgehead atoms. The van der Waals surface area contributed by atoms with Crippen LogP contribution >= 0.6 is 47.6 Å². The van der Waals surface area contributed by atoms with E-state index in [9.17, 15) is 4.79 Å². The fourth-order valence-electron chi connectivity index (χ4n) is 3.54. The van der Waals surface area contributed by atoms with Crippen molar-refractivity contribution in [2.45, 2.75) is 26.2 Å². The number of nitrogen functional groups attached to an aromatic ring is 1. The van der Waals surface area contributed by atoms with E-state index in [0.717, 1.165) is 41.9 Å². The van der Waals surface area contributed by atoms with Gasteiger partial charge in [-0.2, -0.15) is 0 Å². The largest absolute Gasteiger partial charge is 0.481 e. The molecule has 0 saturated carbocycles. The summed E-state index contributed by atoms with van der Waals surface area (Å²) in [7, 11) is 0. The molecule has 0 saturated heterocycles. The van der Waals surface area contributed by atoms with Gasteiger partial charge in [0.1, 0.15) is 11.0 Å². The molecule has 0 fully saturated rings. The number of alkyl halides is 2. The van der Waals surface area contributed by atoms with Gasteiger partial charge in [-0.25, -0.2) is 19.9 Å². The summed E-state index contributed by atoms with van der Waals surface area (Å²) in [4.78, 5) is 39.5. The summed E-state index contributed by atoms with van der Waals surface area (Å²) in [6.07, 6.45) is 6.33. The number of halogens is 2. The van der Waals surface area contributed by atoms with E-state index in [2.05, 4.69) is 44.8 Å². The Balaban J connectivity index is 0.000000329. The number of nitrogens with two attached hydrogens (primary N) is 1. The van der Waals surface area contributed by atoms with Crippen molar-refractivity contribution in [3.05, 3.63) is 58.1 Å². The van der Waals surface area contributed by atoms with Gasteiger partial charge in [-0.15, -0.1) is 23.2 Å². The second-order valence-electron chi connectivity index (χ2n) is 8.48. The van der Waals surface area contributed by atoms with Gasteiger partial charge in [0.15, 0.2) is 20.6 Å². The maximum Gasteiger partial charge on any atom is 0.303 e. The third-order valence-electron chi connectivity index (χ3n) is 5.42. The number of aromatic amines is 4. The van der Waals surface area contributed by atoms with Crippen LogP contribution in [-0.4, -0.2) is 87.5 Å². The first kappa shape index (κ1) is 39.1. The zero-order chi connectivity index (χ0) is 31.6. The molecular weight excluding hydrogens is 830 g/mol. The number of aliphatic hydroxyl groups excluding tert-OH is 1. The van der Waals surface area contributed by atoms with Crippen LogP contribution in [0.1, 0.15) is 25.3 Å². The van der Waals surface area contributed by atoms with Crippen LogP contribution in [0.25, 0.3) is 22.3 Å². The van der Waals surface area contributed by atoms with E-state index in [0.29, 0.717) is 38.6 Å². The second kappa shape index (κ2) is 21.7. The molecule has 0 aliphatic carbocycles.